The Kier molecular flexibility index (Phi) is 9.69. The average molecular weight is 500 g/mol. The number of fused-ring (bicyclic) bond motifs is 1. The molecule has 0 amide bonds. The van der Waals surface area contributed by atoms with E-state index in [0.717, 1.165) is 60.0 Å². The van der Waals surface area contributed by atoms with Crippen LogP contribution in [0.4, 0.5) is 0 Å². The molecular formula is C28H41N3O3S. The van der Waals surface area contributed by atoms with Gasteiger partial charge in [-0.15, -0.1) is 0 Å². The highest BCUT2D eigenvalue weighted by atomic mass is 32.2. The third kappa shape index (κ3) is 6.89. The first-order chi connectivity index (χ1) is 17.1. The van der Waals surface area contributed by atoms with E-state index in [1.807, 2.05) is 31.4 Å². The Labute approximate surface area is 214 Å². The van der Waals surface area contributed by atoms with Crippen LogP contribution >= 0.6 is 11.8 Å². The van der Waals surface area contributed by atoms with Crippen molar-refractivity contribution in [1.29, 1.82) is 0 Å². The van der Waals surface area contributed by atoms with E-state index in [2.05, 4.69) is 33.0 Å². The lowest BCUT2D eigenvalue weighted by atomic mass is 9.81. The van der Waals surface area contributed by atoms with Gasteiger partial charge in [0, 0.05) is 41.7 Å². The van der Waals surface area contributed by atoms with Gasteiger partial charge in [0.2, 0.25) is 0 Å². The smallest absolute Gasteiger partial charge is 0.308 e. The van der Waals surface area contributed by atoms with E-state index in [4.69, 9.17) is 4.74 Å². The Morgan fingerprint density at radius 3 is 2.83 bits per heavy atom. The van der Waals surface area contributed by atoms with Crippen LogP contribution in [0, 0.1) is 11.8 Å². The Balaban J connectivity index is 1.34. The summed E-state index contributed by atoms with van der Waals surface area (Å²) < 4.78 is 5.44. The van der Waals surface area contributed by atoms with Crippen molar-refractivity contribution in [2.24, 2.45) is 11.8 Å². The quantitative estimate of drug-likeness (QED) is 0.430. The highest BCUT2D eigenvalue weighted by Gasteiger charge is 2.34. The number of aromatic nitrogens is 1. The van der Waals surface area contributed by atoms with Gasteiger partial charge in [0.05, 0.1) is 18.5 Å². The topological polar surface area (TPSA) is 74.7 Å². The molecule has 1 aliphatic carbocycles. The molecule has 6 nitrogen and oxygen atoms in total. The average Bonchev–Trinajstić information content (AvgIpc) is 2.89. The zero-order valence-electron chi connectivity index (χ0n) is 21.2. The lowest BCUT2D eigenvalue weighted by Crippen LogP contribution is -2.44. The molecule has 1 saturated heterocycles. The molecule has 1 aromatic carbocycles. The number of likely N-dealkylation sites (tertiary alicyclic amines) is 1. The van der Waals surface area contributed by atoms with Gasteiger partial charge in [-0.2, -0.15) is 11.8 Å². The van der Waals surface area contributed by atoms with Gasteiger partial charge in [0.25, 0.3) is 0 Å². The van der Waals surface area contributed by atoms with Gasteiger partial charge in [-0.3, -0.25) is 9.78 Å². The minimum Gasteiger partial charge on any atom is -0.497 e. The van der Waals surface area contributed by atoms with Crippen LogP contribution in [0.25, 0.3) is 10.9 Å². The van der Waals surface area contributed by atoms with Gasteiger partial charge >= 0.3 is 5.97 Å². The first kappa shape index (κ1) is 26.2. The van der Waals surface area contributed by atoms with Crippen molar-refractivity contribution in [3.63, 3.8) is 0 Å². The number of pyridine rings is 1. The number of carboxylic acid groups (broad SMARTS) is 1. The summed E-state index contributed by atoms with van der Waals surface area (Å²) in [7, 11) is 3.66. The summed E-state index contributed by atoms with van der Waals surface area (Å²) in [4.78, 5) is 19.1. The normalized spacial score (nSPS) is 22.8. The first-order valence-corrected chi connectivity index (χ1v) is 14.3. The summed E-state index contributed by atoms with van der Waals surface area (Å²) in [5.74, 6) is 1.24. The highest BCUT2D eigenvalue weighted by Crippen LogP contribution is 2.34. The number of ether oxygens (including phenoxy) is 1. The second-order valence-corrected chi connectivity index (χ2v) is 11.5. The minimum atomic E-state index is -0.639. The van der Waals surface area contributed by atoms with Gasteiger partial charge in [-0.1, -0.05) is 19.3 Å². The van der Waals surface area contributed by atoms with Gasteiger partial charge in [-0.05, 0) is 81.4 Å². The van der Waals surface area contributed by atoms with Crippen molar-refractivity contribution < 1.29 is 14.6 Å². The monoisotopic (exact) mass is 499 g/mol. The number of rotatable bonds is 11. The molecule has 0 radical (unpaired) electrons. The molecule has 1 saturated carbocycles. The molecule has 0 spiro atoms. The number of methoxy groups -OCH3 is 1. The highest BCUT2D eigenvalue weighted by molar-refractivity contribution is 7.99. The molecule has 2 aromatic rings. The maximum absolute atomic E-state index is 12.2. The molecule has 4 rings (SSSR count). The summed E-state index contributed by atoms with van der Waals surface area (Å²) in [5, 5.41) is 15.4. The van der Waals surface area contributed by atoms with Gasteiger partial charge in [-0.25, -0.2) is 0 Å². The van der Waals surface area contributed by atoms with Crippen LogP contribution in [0.3, 0.4) is 0 Å². The van der Waals surface area contributed by atoms with E-state index in [9.17, 15) is 9.90 Å². The maximum atomic E-state index is 12.2. The van der Waals surface area contributed by atoms with Gasteiger partial charge in [0.15, 0.2) is 0 Å². The van der Waals surface area contributed by atoms with Crippen LogP contribution in [0.2, 0.25) is 0 Å². The van der Waals surface area contributed by atoms with E-state index < -0.39 is 5.97 Å². The number of aliphatic carboxylic acids is 1. The summed E-state index contributed by atoms with van der Waals surface area (Å²) in [6.07, 6.45) is 11.5. The van der Waals surface area contributed by atoms with Crippen molar-refractivity contribution in [1.82, 2.24) is 15.2 Å². The summed E-state index contributed by atoms with van der Waals surface area (Å²) in [5.41, 5.74) is 2.15. The van der Waals surface area contributed by atoms with E-state index in [1.165, 1.54) is 37.7 Å². The summed E-state index contributed by atoms with van der Waals surface area (Å²) >= 11 is 2.11. The van der Waals surface area contributed by atoms with Gasteiger partial charge < -0.3 is 20.1 Å². The standard InChI is InChI=1S/C28H41N3O3S/c1-29-26(23-12-14-30-27-11-9-21(34-2)18-24(23)27)10-8-20-13-15-31(19-25(20)28(32)33)16-17-35-22-6-4-3-5-7-22/h9,11-12,14,18,20,22,25-26,29H,3-8,10,13,15-17,19H2,1-2H3,(H,32,33)/t20-,25+,26+/m1/s1. The molecule has 0 unspecified atom stereocenters. The second kappa shape index (κ2) is 12.9. The summed E-state index contributed by atoms with van der Waals surface area (Å²) in [6, 6.07) is 8.20. The Hall–Kier alpha value is -1.83. The number of piperidine rings is 1. The fourth-order valence-corrected chi connectivity index (χ4v) is 7.25. The zero-order valence-corrected chi connectivity index (χ0v) is 22.1. The molecule has 2 aliphatic rings. The van der Waals surface area contributed by atoms with Crippen molar-refractivity contribution in [2.75, 3.05) is 39.5 Å². The van der Waals surface area contributed by atoms with Crippen LogP contribution in [-0.2, 0) is 4.79 Å². The third-order valence-corrected chi connectivity index (χ3v) is 9.36. The first-order valence-electron chi connectivity index (χ1n) is 13.3. The Morgan fingerprint density at radius 2 is 2.09 bits per heavy atom. The molecular weight excluding hydrogens is 458 g/mol. The van der Waals surface area contributed by atoms with E-state index in [0.29, 0.717) is 6.54 Å². The maximum Gasteiger partial charge on any atom is 0.308 e. The van der Waals surface area contributed by atoms with Gasteiger partial charge in [0.1, 0.15) is 5.75 Å². The number of nitrogens with one attached hydrogen (secondary N) is 1. The molecule has 192 valence electrons. The third-order valence-electron chi connectivity index (χ3n) is 8.00. The molecule has 7 heteroatoms. The molecule has 0 bridgehead atoms. The van der Waals surface area contributed by atoms with E-state index >= 15 is 0 Å². The van der Waals surface area contributed by atoms with E-state index in [1.54, 1.807) is 7.11 Å². The van der Waals surface area contributed by atoms with Crippen LogP contribution in [0.1, 0.15) is 63.0 Å². The van der Waals surface area contributed by atoms with Crippen molar-refractivity contribution in [2.45, 2.75) is 62.7 Å². The second-order valence-electron chi connectivity index (χ2n) is 10.1. The molecule has 3 atom stereocenters. The minimum absolute atomic E-state index is 0.145. The number of carbonyl (C=O) groups is 1. The van der Waals surface area contributed by atoms with Crippen LogP contribution < -0.4 is 10.1 Å². The summed E-state index contributed by atoms with van der Waals surface area (Å²) in [6.45, 7) is 2.71. The van der Waals surface area contributed by atoms with Crippen molar-refractivity contribution in [3.05, 3.63) is 36.0 Å². The predicted molar refractivity (Wildman–Crippen MR) is 144 cm³/mol. The lowest BCUT2D eigenvalue weighted by Gasteiger charge is -2.37. The molecule has 1 aliphatic heterocycles. The van der Waals surface area contributed by atoms with Crippen LogP contribution in [0.15, 0.2) is 30.5 Å². The fraction of sp³-hybridized carbons (Fsp3) is 0.643. The zero-order chi connectivity index (χ0) is 24.6. The van der Waals surface area contributed by atoms with E-state index in [-0.39, 0.29) is 17.9 Å². The number of hydrogen-bond acceptors (Lipinski definition) is 6. The molecule has 1 aromatic heterocycles. The number of benzene rings is 1. The molecule has 2 heterocycles. The van der Waals surface area contributed by atoms with Crippen LogP contribution in [-0.4, -0.2) is 65.8 Å². The lowest BCUT2D eigenvalue weighted by molar-refractivity contribution is -0.146. The number of nitrogens with zero attached hydrogens (tertiary/aromatic N) is 2. The number of thioether (sulfide) groups is 1. The van der Waals surface area contributed by atoms with Crippen molar-refractivity contribution >= 4 is 28.6 Å². The molecule has 35 heavy (non-hydrogen) atoms. The number of hydrogen-bond donors (Lipinski definition) is 2. The number of carboxylic acids is 1. The SMILES string of the molecule is CN[C@@H](CC[C@@H]1CCN(CCSC2CCCCC2)C[C@@H]1C(=O)O)c1ccnc2ccc(OC)cc12. The van der Waals surface area contributed by atoms with Crippen LogP contribution in [0.5, 0.6) is 5.75 Å². The Morgan fingerprint density at radius 1 is 1.26 bits per heavy atom. The molecule has 2 N–H and O–H groups in total. The largest absolute Gasteiger partial charge is 0.497 e. The Bertz CT molecular complexity index is 966. The predicted octanol–water partition coefficient (Wildman–Crippen LogP) is 5.37. The fourth-order valence-electron chi connectivity index (χ4n) is 5.89. The van der Waals surface area contributed by atoms with Crippen molar-refractivity contribution in [3.8, 4) is 5.75 Å². The molecule has 2 fully saturated rings.